The van der Waals surface area contributed by atoms with E-state index in [-0.39, 0.29) is 18.2 Å². The number of nitrogens with zero attached hydrogens (tertiary/aromatic N) is 4. The summed E-state index contributed by atoms with van der Waals surface area (Å²) in [6, 6.07) is 3.76. The van der Waals surface area contributed by atoms with Crippen molar-refractivity contribution in [3.8, 4) is 5.75 Å². The smallest absolute Gasteiger partial charge is 0.490 e. The number of rotatable bonds is 5. The normalized spacial score (nSPS) is 10.4. The van der Waals surface area contributed by atoms with Crippen LogP contribution in [0.5, 0.6) is 5.75 Å². The minimum Gasteiger partial charge on any atom is -0.490 e. The van der Waals surface area contributed by atoms with Gasteiger partial charge >= 0.3 is 5.95 Å². The largest absolute Gasteiger partial charge is 0.490 e. The summed E-state index contributed by atoms with van der Waals surface area (Å²) in [5.41, 5.74) is 0. The minimum absolute atomic E-state index is 0.157. The van der Waals surface area contributed by atoms with Gasteiger partial charge in [-0.15, -0.1) is 0 Å². The Kier molecular flexibility index (Phi) is 3.91. The van der Waals surface area contributed by atoms with E-state index >= 15 is 0 Å². The van der Waals surface area contributed by atoms with Gasteiger partial charge in [0.1, 0.15) is 18.2 Å². The molecule has 0 radical (unpaired) electrons. The topological polar surface area (TPSA) is 83.1 Å². The zero-order valence-electron chi connectivity index (χ0n) is 9.49. The monoisotopic (exact) mass is 286 g/mol. The molecule has 1 heterocycles. The molecule has 0 amide bonds. The molecule has 0 aliphatic heterocycles. The summed E-state index contributed by atoms with van der Waals surface area (Å²) < 4.78 is 19.4. The molecular formula is C10H8ClFN4O3. The number of halogens is 2. The molecule has 0 atom stereocenters. The third kappa shape index (κ3) is 3.38. The molecule has 0 aliphatic carbocycles. The summed E-state index contributed by atoms with van der Waals surface area (Å²) in [4.78, 5) is 13.2. The van der Waals surface area contributed by atoms with Crippen molar-refractivity contribution in [2.75, 3.05) is 6.61 Å². The highest BCUT2D eigenvalue weighted by Crippen LogP contribution is 2.24. The van der Waals surface area contributed by atoms with E-state index in [9.17, 15) is 14.5 Å². The van der Waals surface area contributed by atoms with Crippen molar-refractivity contribution in [2.24, 2.45) is 0 Å². The molecule has 9 heteroatoms. The fourth-order valence-electron chi connectivity index (χ4n) is 1.32. The standard InChI is InChI=1S/C10H8ClFN4O3/c11-8-5-7(12)1-2-9(8)19-4-3-15-6-13-10(14-15)16(17)18/h1-2,5-6H,3-4H2. The second-order valence-corrected chi connectivity index (χ2v) is 3.90. The van der Waals surface area contributed by atoms with E-state index in [2.05, 4.69) is 10.1 Å². The molecule has 1 aromatic carbocycles. The molecule has 100 valence electrons. The molecule has 0 aliphatic rings. The van der Waals surface area contributed by atoms with E-state index in [1.807, 2.05) is 0 Å². The first-order valence-corrected chi connectivity index (χ1v) is 5.56. The lowest BCUT2D eigenvalue weighted by atomic mass is 10.3. The van der Waals surface area contributed by atoms with Crippen LogP contribution in [0.1, 0.15) is 0 Å². The van der Waals surface area contributed by atoms with Gasteiger partial charge in [-0.25, -0.2) is 4.39 Å². The summed E-state index contributed by atoms with van der Waals surface area (Å²) in [7, 11) is 0. The van der Waals surface area contributed by atoms with Gasteiger partial charge in [0.2, 0.25) is 6.33 Å². The zero-order chi connectivity index (χ0) is 13.8. The Morgan fingerprint density at radius 2 is 2.32 bits per heavy atom. The molecule has 0 fully saturated rings. The molecule has 0 N–H and O–H groups in total. The van der Waals surface area contributed by atoms with Crippen molar-refractivity contribution in [1.29, 1.82) is 0 Å². The number of benzene rings is 1. The van der Waals surface area contributed by atoms with Crippen LogP contribution >= 0.6 is 11.6 Å². The van der Waals surface area contributed by atoms with Gasteiger partial charge in [-0.2, -0.15) is 4.68 Å². The number of ether oxygens (including phenoxy) is 1. The maximum absolute atomic E-state index is 12.8. The highest BCUT2D eigenvalue weighted by Gasteiger charge is 2.12. The van der Waals surface area contributed by atoms with Gasteiger partial charge in [0.05, 0.1) is 11.6 Å². The minimum atomic E-state index is -0.686. The van der Waals surface area contributed by atoms with E-state index in [0.717, 1.165) is 6.07 Å². The number of aromatic nitrogens is 3. The lowest BCUT2D eigenvalue weighted by molar-refractivity contribution is -0.394. The average molecular weight is 287 g/mol. The highest BCUT2D eigenvalue weighted by molar-refractivity contribution is 6.32. The SMILES string of the molecule is O=[N+]([O-])c1ncn(CCOc2ccc(F)cc2Cl)n1. The predicted molar refractivity (Wildman–Crippen MR) is 63.6 cm³/mol. The fourth-order valence-corrected chi connectivity index (χ4v) is 1.54. The number of nitro groups is 1. The highest BCUT2D eigenvalue weighted by atomic mass is 35.5. The van der Waals surface area contributed by atoms with E-state index in [1.165, 1.54) is 23.1 Å². The Bertz CT molecular complexity index is 604. The fraction of sp³-hybridized carbons (Fsp3) is 0.200. The molecule has 19 heavy (non-hydrogen) atoms. The van der Waals surface area contributed by atoms with Crippen molar-refractivity contribution in [2.45, 2.75) is 6.54 Å². The van der Waals surface area contributed by atoms with Crippen molar-refractivity contribution in [1.82, 2.24) is 14.8 Å². The third-order valence-electron chi connectivity index (χ3n) is 2.16. The van der Waals surface area contributed by atoms with Gasteiger partial charge in [-0.1, -0.05) is 16.6 Å². The third-order valence-corrected chi connectivity index (χ3v) is 2.45. The van der Waals surface area contributed by atoms with Crippen LogP contribution < -0.4 is 4.74 Å². The summed E-state index contributed by atoms with van der Waals surface area (Å²) in [5.74, 6) is -0.596. The molecule has 7 nitrogen and oxygen atoms in total. The average Bonchev–Trinajstić information content (AvgIpc) is 2.81. The van der Waals surface area contributed by atoms with Gasteiger partial charge in [0.15, 0.2) is 0 Å². The lowest BCUT2D eigenvalue weighted by Gasteiger charge is -2.06. The summed E-state index contributed by atoms with van der Waals surface area (Å²) in [5, 5.41) is 14.1. The molecule has 0 bridgehead atoms. The van der Waals surface area contributed by atoms with Crippen LogP contribution in [0.4, 0.5) is 10.3 Å². The maximum Gasteiger partial charge on any atom is 0.490 e. The predicted octanol–water partition coefficient (Wildman–Crippen LogP) is 2.06. The molecule has 2 rings (SSSR count). The van der Waals surface area contributed by atoms with Crippen LogP contribution in [0.2, 0.25) is 5.02 Å². The van der Waals surface area contributed by atoms with Gasteiger partial charge in [0, 0.05) is 5.10 Å². The summed E-state index contributed by atoms with van der Waals surface area (Å²) in [6.07, 6.45) is 1.23. The second-order valence-electron chi connectivity index (χ2n) is 3.49. The first-order chi connectivity index (χ1) is 9.06. The molecule has 2 aromatic rings. The zero-order valence-corrected chi connectivity index (χ0v) is 10.2. The quantitative estimate of drug-likeness (QED) is 0.620. The van der Waals surface area contributed by atoms with Crippen LogP contribution in [0.15, 0.2) is 24.5 Å². The Hall–Kier alpha value is -2.22. The van der Waals surface area contributed by atoms with Gasteiger partial charge in [-0.3, -0.25) is 0 Å². The van der Waals surface area contributed by atoms with Crippen LogP contribution in [-0.4, -0.2) is 26.3 Å². The molecule has 0 spiro atoms. The van der Waals surface area contributed by atoms with Crippen LogP contribution in [0.3, 0.4) is 0 Å². The Morgan fingerprint density at radius 1 is 1.53 bits per heavy atom. The molecule has 0 saturated carbocycles. The van der Waals surface area contributed by atoms with Crippen molar-refractivity contribution in [3.63, 3.8) is 0 Å². The van der Waals surface area contributed by atoms with Crippen molar-refractivity contribution >= 4 is 17.5 Å². The first-order valence-electron chi connectivity index (χ1n) is 5.18. The molecule has 1 aromatic heterocycles. The Balaban J connectivity index is 1.90. The molecule has 0 saturated heterocycles. The maximum atomic E-state index is 12.8. The van der Waals surface area contributed by atoms with Crippen molar-refractivity contribution in [3.05, 3.63) is 45.5 Å². The molecule has 0 unspecified atom stereocenters. The van der Waals surface area contributed by atoms with Gasteiger partial charge in [-0.05, 0) is 23.1 Å². The Morgan fingerprint density at radius 3 is 2.95 bits per heavy atom. The van der Waals surface area contributed by atoms with Crippen LogP contribution in [0.25, 0.3) is 0 Å². The number of hydrogen-bond acceptors (Lipinski definition) is 5. The summed E-state index contributed by atoms with van der Waals surface area (Å²) >= 11 is 5.77. The van der Waals surface area contributed by atoms with Gasteiger partial charge < -0.3 is 14.9 Å². The summed E-state index contributed by atoms with van der Waals surface area (Å²) in [6.45, 7) is 0.431. The molecular weight excluding hydrogens is 279 g/mol. The lowest BCUT2D eigenvalue weighted by Crippen LogP contribution is -2.09. The van der Waals surface area contributed by atoms with Crippen molar-refractivity contribution < 1.29 is 14.1 Å². The number of hydrogen-bond donors (Lipinski definition) is 0. The van der Waals surface area contributed by atoms with Gasteiger partial charge in [0.25, 0.3) is 0 Å². The van der Waals surface area contributed by atoms with Crippen LogP contribution in [0, 0.1) is 15.9 Å². The van der Waals surface area contributed by atoms with E-state index < -0.39 is 16.7 Å². The van der Waals surface area contributed by atoms with Crippen LogP contribution in [-0.2, 0) is 6.54 Å². The first kappa shape index (κ1) is 13.2. The van der Waals surface area contributed by atoms with E-state index in [0.29, 0.717) is 5.75 Å². The second kappa shape index (κ2) is 5.61. The van der Waals surface area contributed by atoms with E-state index in [4.69, 9.17) is 16.3 Å². The Labute approximate surface area is 111 Å². The van der Waals surface area contributed by atoms with E-state index in [1.54, 1.807) is 0 Å².